The van der Waals surface area contributed by atoms with E-state index in [0.717, 1.165) is 17.9 Å². The molecule has 1 amide bonds. The molecule has 2 fully saturated rings. The van der Waals surface area contributed by atoms with Crippen molar-refractivity contribution in [1.29, 1.82) is 0 Å². The van der Waals surface area contributed by atoms with Crippen molar-refractivity contribution in [1.82, 2.24) is 4.72 Å². The second-order valence-corrected chi connectivity index (χ2v) is 10.8. The highest BCUT2D eigenvalue weighted by Crippen LogP contribution is 2.49. The Bertz CT molecular complexity index is 1070. The third-order valence-corrected chi connectivity index (χ3v) is 8.33. The van der Waals surface area contributed by atoms with E-state index in [1.807, 2.05) is 19.1 Å². The van der Waals surface area contributed by atoms with E-state index in [1.54, 1.807) is 30.3 Å². The van der Waals surface area contributed by atoms with Gasteiger partial charge in [-0.25, -0.2) is 13.1 Å². The van der Waals surface area contributed by atoms with Crippen LogP contribution in [0.3, 0.4) is 0 Å². The van der Waals surface area contributed by atoms with E-state index in [1.165, 1.54) is 37.5 Å². The number of sulfonamides is 1. The maximum Gasteiger partial charge on any atom is 0.248 e. The number of halogens is 1. The zero-order chi connectivity index (χ0) is 22.0. The first-order chi connectivity index (χ1) is 14.8. The minimum absolute atomic E-state index is 0.0716. The van der Waals surface area contributed by atoms with Crippen LogP contribution in [0.15, 0.2) is 59.5 Å². The summed E-state index contributed by atoms with van der Waals surface area (Å²) in [7, 11) is -3.60. The lowest BCUT2D eigenvalue weighted by Gasteiger charge is -2.28. The summed E-state index contributed by atoms with van der Waals surface area (Å²) < 4.78 is 28.5. The smallest absolute Gasteiger partial charge is 0.248 e. The van der Waals surface area contributed by atoms with E-state index < -0.39 is 10.0 Å². The Morgan fingerprint density at radius 1 is 1.06 bits per heavy atom. The fourth-order valence-corrected chi connectivity index (χ4v) is 6.37. The van der Waals surface area contributed by atoms with Crippen LogP contribution >= 0.6 is 11.6 Å². The van der Waals surface area contributed by atoms with E-state index >= 15 is 0 Å². The molecule has 0 heterocycles. The van der Waals surface area contributed by atoms with Gasteiger partial charge in [-0.2, -0.15) is 0 Å². The van der Waals surface area contributed by atoms with E-state index in [9.17, 15) is 13.2 Å². The van der Waals surface area contributed by atoms with Gasteiger partial charge in [0.1, 0.15) is 0 Å². The molecule has 2 bridgehead atoms. The molecule has 2 aromatic rings. The molecule has 2 aliphatic rings. The minimum Gasteiger partial charge on any atom is -0.323 e. The Labute approximate surface area is 188 Å². The van der Waals surface area contributed by atoms with Crippen molar-refractivity contribution < 1.29 is 13.2 Å². The van der Waals surface area contributed by atoms with Crippen LogP contribution in [-0.4, -0.2) is 20.4 Å². The van der Waals surface area contributed by atoms with Gasteiger partial charge in [-0.15, -0.1) is 0 Å². The number of carbonyl (C=O) groups is 1. The molecular formula is C24H27ClN2O3S. The van der Waals surface area contributed by atoms with E-state index in [-0.39, 0.29) is 16.8 Å². The van der Waals surface area contributed by atoms with E-state index in [4.69, 9.17) is 11.6 Å². The van der Waals surface area contributed by atoms with Gasteiger partial charge in [-0.05, 0) is 92.0 Å². The predicted octanol–water partition coefficient (Wildman–Crippen LogP) is 5.09. The quantitative estimate of drug-likeness (QED) is 0.567. The lowest BCUT2D eigenvalue weighted by atomic mass is 9.84. The van der Waals surface area contributed by atoms with Gasteiger partial charge in [-0.1, -0.05) is 30.2 Å². The summed E-state index contributed by atoms with van der Waals surface area (Å²) in [6, 6.07) is 13.3. The van der Waals surface area contributed by atoms with E-state index in [0.29, 0.717) is 22.5 Å². The first kappa shape index (κ1) is 22.1. The molecule has 31 heavy (non-hydrogen) atoms. The van der Waals surface area contributed by atoms with Crippen molar-refractivity contribution in [2.75, 3.05) is 5.32 Å². The summed E-state index contributed by atoms with van der Waals surface area (Å²) in [4.78, 5) is 12.3. The number of rotatable bonds is 7. The third kappa shape index (κ3) is 5.37. The molecule has 0 aliphatic heterocycles. The Morgan fingerprint density at radius 2 is 1.77 bits per heavy atom. The van der Waals surface area contributed by atoms with Crippen LogP contribution in [0.25, 0.3) is 6.08 Å². The molecule has 7 heteroatoms. The van der Waals surface area contributed by atoms with Crippen molar-refractivity contribution >= 4 is 39.3 Å². The summed E-state index contributed by atoms with van der Waals surface area (Å²) in [5.74, 6) is 1.56. The first-order valence-corrected chi connectivity index (χ1v) is 12.5. The number of hydrogen-bond donors (Lipinski definition) is 2. The molecule has 5 nitrogen and oxygen atoms in total. The van der Waals surface area contributed by atoms with Gasteiger partial charge in [0.25, 0.3) is 0 Å². The molecule has 0 unspecified atom stereocenters. The van der Waals surface area contributed by atoms with Gasteiger partial charge in [-0.3, -0.25) is 4.79 Å². The number of nitrogens with one attached hydrogen (secondary N) is 2. The van der Waals surface area contributed by atoms with Crippen LogP contribution in [-0.2, 0) is 14.8 Å². The fourth-order valence-electron chi connectivity index (χ4n) is 4.95. The maximum atomic E-state index is 12.8. The molecule has 0 spiro atoms. The van der Waals surface area contributed by atoms with Gasteiger partial charge < -0.3 is 5.32 Å². The van der Waals surface area contributed by atoms with Crippen molar-refractivity contribution in [3.63, 3.8) is 0 Å². The molecule has 2 saturated carbocycles. The Hall–Kier alpha value is -2.15. The number of amides is 1. The largest absolute Gasteiger partial charge is 0.323 e. The van der Waals surface area contributed by atoms with Gasteiger partial charge in [0.2, 0.25) is 15.9 Å². The standard InChI is InChI=1S/C24H27ClN2O3S/c1-16(23-15-18-2-6-19(23)14-18)27-31(29,30)22-11-9-21(10-12-22)26-24(28)13-5-17-3-7-20(25)8-4-17/h3-5,7-13,16,18-19,23,27H,2,6,14-15H2,1H3,(H,26,28)/b13-5+/t16-,18+,19+,23-/m0/s1. The Balaban J connectivity index is 1.34. The van der Waals surface area contributed by atoms with Crippen LogP contribution in [0.4, 0.5) is 5.69 Å². The molecule has 0 saturated heterocycles. The lowest BCUT2D eigenvalue weighted by molar-refractivity contribution is -0.111. The van der Waals surface area contributed by atoms with Crippen molar-refractivity contribution in [2.24, 2.45) is 17.8 Å². The van der Waals surface area contributed by atoms with Gasteiger partial charge in [0.15, 0.2) is 0 Å². The summed E-state index contributed by atoms with van der Waals surface area (Å²) in [5, 5.41) is 3.37. The van der Waals surface area contributed by atoms with Crippen LogP contribution in [0.5, 0.6) is 0 Å². The number of fused-ring (bicyclic) bond motifs is 2. The molecule has 2 N–H and O–H groups in total. The molecule has 2 aromatic carbocycles. The Kier molecular flexibility index (Phi) is 6.51. The van der Waals surface area contributed by atoms with Crippen LogP contribution in [0, 0.1) is 17.8 Å². The highest BCUT2D eigenvalue weighted by Gasteiger charge is 2.42. The van der Waals surface area contributed by atoms with Crippen molar-refractivity contribution in [3.05, 3.63) is 65.2 Å². The van der Waals surface area contributed by atoms with Crippen molar-refractivity contribution in [3.8, 4) is 0 Å². The average Bonchev–Trinajstić information content (AvgIpc) is 3.37. The van der Waals surface area contributed by atoms with E-state index in [2.05, 4.69) is 10.0 Å². The zero-order valence-corrected chi connectivity index (χ0v) is 19.0. The SMILES string of the molecule is C[C@H](NS(=O)(=O)c1ccc(NC(=O)/C=C/c2ccc(Cl)cc2)cc1)[C@@H]1C[C@@H]2CC[C@@H]1C2. The lowest BCUT2D eigenvalue weighted by Crippen LogP contribution is -2.40. The fraction of sp³-hybridized carbons (Fsp3) is 0.375. The number of benzene rings is 2. The number of anilines is 1. The summed E-state index contributed by atoms with van der Waals surface area (Å²) in [6.45, 7) is 1.98. The predicted molar refractivity (Wildman–Crippen MR) is 124 cm³/mol. The zero-order valence-electron chi connectivity index (χ0n) is 17.4. The Morgan fingerprint density at radius 3 is 2.39 bits per heavy atom. The van der Waals surface area contributed by atoms with Gasteiger partial charge in [0.05, 0.1) is 4.90 Å². The van der Waals surface area contributed by atoms with Gasteiger partial charge in [0, 0.05) is 22.8 Å². The minimum atomic E-state index is -3.60. The summed E-state index contributed by atoms with van der Waals surface area (Å²) in [5.41, 5.74) is 1.39. The highest BCUT2D eigenvalue weighted by molar-refractivity contribution is 7.89. The molecule has 0 radical (unpaired) electrons. The molecule has 4 rings (SSSR count). The maximum absolute atomic E-state index is 12.8. The number of carbonyl (C=O) groups excluding carboxylic acids is 1. The summed E-state index contributed by atoms with van der Waals surface area (Å²) >= 11 is 5.85. The van der Waals surface area contributed by atoms with Crippen LogP contribution < -0.4 is 10.0 Å². The normalized spacial score (nSPS) is 23.9. The van der Waals surface area contributed by atoms with Crippen LogP contribution in [0.1, 0.15) is 38.2 Å². The summed E-state index contributed by atoms with van der Waals surface area (Å²) in [6.07, 6.45) is 8.00. The monoisotopic (exact) mass is 458 g/mol. The second-order valence-electron chi connectivity index (χ2n) is 8.65. The molecule has 164 valence electrons. The third-order valence-electron chi connectivity index (χ3n) is 6.51. The van der Waals surface area contributed by atoms with Crippen molar-refractivity contribution in [2.45, 2.75) is 43.5 Å². The number of hydrogen-bond acceptors (Lipinski definition) is 3. The average molecular weight is 459 g/mol. The van der Waals surface area contributed by atoms with Gasteiger partial charge >= 0.3 is 0 Å². The molecule has 4 atom stereocenters. The second kappa shape index (κ2) is 9.15. The topological polar surface area (TPSA) is 75.3 Å². The first-order valence-electron chi connectivity index (χ1n) is 10.7. The molecular weight excluding hydrogens is 432 g/mol. The highest BCUT2D eigenvalue weighted by atomic mass is 35.5. The molecule has 0 aromatic heterocycles. The van der Waals surface area contributed by atoms with Crippen LogP contribution in [0.2, 0.25) is 5.02 Å². The molecule has 2 aliphatic carbocycles.